The molecule has 0 saturated heterocycles. The maximum absolute atomic E-state index is 10.9. The lowest BCUT2D eigenvalue weighted by molar-refractivity contribution is -0.0802. The van der Waals surface area contributed by atoms with Crippen LogP contribution in [0.2, 0.25) is 0 Å². The summed E-state index contributed by atoms with van der Waals surface area (Å²) in [5.41, 5.74) is 2.12. The van der Waals surface area contributed by atoms with Crippen LogP contribution in [-0.2, 0) is 0 Å². The van der Waals surface area contributed by atoms with Crippen LogP contribution >= 0.6 is 11.6 Å². The van der Waals surface area contributed by atoms with Crippen molar-refractivity contribution in [1.82, 2.24) is 0 Å². The van der Waals surface area contributed by atoms with Crippen molar-refractivity contribution >= 4 is 11.6 Å². The summed E-state index contributed by atoms with van der Waals surface area (Å²) in [6.45, 7) is 2.15. The van der Waals surface area contributed by atoms with Crippen molar-refractivity contribution in [2.45, 2.75) is 56.1 Å². The van der Waals surface area contributed by atoms with Crippen LogP contribution in [0.15, 0.2) is 18.2 Å². The highest BCUT2D eigenvalue weighted by atomic mass is 35.5. The summed E-state index contributed by atoms with van der Waals surface area (Å²) in [4.78, 5) is 0. The van der Waals surface area contributed by atoms with Gasteiger partial charge in [-0.2, -0.15) is 0 Å². The highest BCUT2D eigenvalue weighted by Crippen LogP contribution is 2.62. The summed E-state index contributed by atoms with van der Waals surface area (Å²) in [6, 6.07) is 6.07. The lowest BCUT2D eigenvalue weighted by Gasteiger charge is -2.53. The zero-order chi connectivity index (χ0) is 16.4. The van der Waals surface area contributed by atoms with E-state index in [4.69, 9.17) is 16.3 Å². The number of ether oxygens (including phenoxy) is 1. The van der Waals surface area contributed by atoms with Crippen LogP contribution in [0.25, 0.3) is 0 Å². The monoisotopic (exact) mass is 336 g/mol. The van der Waals surface area contributed by atoms with Gasteiger partial charge in [0.25, 0.3) is 0 Å². The molecule has 1 unspecified atom stereocenters. The molecule has 3 aliphatic carbocycles. The Bertz CT molecular complexity index is 619. The SMILES string of the molecule is COc1ccc2c(c1)C(Cl)C[C@@H]1[C@@H]2[C@@H](O)C[C@]2(C)[C@@H](O)CC[C@@H]12. The van der Waals surface area contributed by atoms with Crippen molar-refractivity contribution in [3.8, 4) is 5.75 Å². The molecule has 1 aromatic rings. The number of aliphatic hydroxyl groups excluding tert-OH is 2. The number of benzene rings is 1. The minimum atomic E-state index is -0.412. The third-order valence-electron chi connectivity index (χ3n) is 6.87. The number of halogens is 1. The maximum atomic E-state index is 10.9. The Labute approximate surface area is 142 Å². The van der Waals surface area contributed by atoms with Crippen LogP contribution in [0.5, 0.6) is 5.75 Å². The molecule has 0 bridgehead atoms. The van der Waals surface area contributed by atoms with Gasteiger partial charge in [0.2, 0.25) is 0 Å². The Morgan fingerprint density at radius 3 is 2.74 bits per heavy atom. The highest BCUT2D eigenvalue weighted by Gasteiger charge is 2.58. The van der Waals surface area contributed by atoms with Crippen LogP contribution in [0, 0.1) is 17.3 Å². The average molecular weight is 337 g/mol. The van der Waals surface area contributed by atoms with E-state index in [0.717, 1.165) is 30.6 Å². The fourth-order valence-corrected chi connectivity index (χ4v) is 6.11. The predicted octanol–water partition coefficient (Wildman–Crippen LogP) is 3.62. The van der Waals surface area contributed by atoms with E-state index in [-0.39, 0.29) is 22.8 Å². The molecule has 4 heteroatoms. The number of methoxy groups -OCH3 is 1. The Balaban J connectivity index is 1.78. The Kier molecular flexibility index (Phi) is 3.67. The molecule has 1 aromatic carbocycles. The van der Waals surface area contributed by atoms with Crippen LogP contribution in [0.3, 0.4) is 0 Å². The van der Waals surface area contributed by atoms with Crippen molar-refractivity contribution in [2.24, 2.45) is 17.3 Å². The van der Waals surface area contributed by atoms with E-state index in [2.05, 4.69) is 13.0 Å². The van der Waals surface area contributed by atoms with E-state index < -0.39 is 6.10 Å². The van der Waals surface area contributed by atoms with Crippen LogP contribution < -0.4 is 4.74 Å². The third kappa shape index (κ3) is 2.16. The van der Waals surface area contributed by atoms with Gasteiger partial charge in [0, 0.05) is 5.92 Å². The van der Waals surface area contributed by atoms with Crippen LogP contribution in [-0.4, -0.2) is 29.5 Å². The van der Waals surface area contributed by atoms with E-state index in [1.165, 1.54) is 5.56 Å². The molecule has 3 aliphatic rings. The molecule has 126 valence electrons. The summed E-state index contributed by atoms with van der Waals surface area (Å²) in [7, 11) is 1.66. The fraction of sp³-hybridized carbons (Fsp3) is 0.684. The molecule has 2 N–H and O–H groups in total. The van der Waals surface area contributed by atoms with Gasteiger partial charge in [-0.1, -0.05) is 13.0 Å². The van der Waals surface area contributed by atoms with E-state index in [9.17, 15) is 10.2 Å². The number of hydrogen-bond donors (Lipinski definition) is 2. The van der Waals surface area contributed by atoms with Gasteiger partial charge < -0.3 is 14.9 Å². The summed E-state index contributed by atoms with van der Waals surface area (Å²) in [5, 5.41) is 21.3. The van der Waals surface area contributed by atoms with Gasteiger partial charge in [0.05, 0.1) is 24.7 Å². The Hall–Kier alpha value is -0.770. The number of alkyl halides is 1. The van der Waals surface area contributed by atoms with Crippen molar-refractivity contribution in [2.75, 3.05) is 7.11 Å². The molecule has 0 radical (unpaired) electrons. The van der Waals surface area contributed by atoms with E-state index in [0.29, 0.717) is 18.3 Å². The quantitative estimate of drug-likeness (QED) is 0.770. The lowest BCUT2D eigenvalue weighted by atomic mass is 9.54. The standard InChI is InChI=1S/C19H25ClO3/c1-19-9-16(21)18-11-4-3-10(23-2)7-12(11)15(20)8-13(18)14(19)5-6-17(19)22/h3-4,7,13-18,21-22H,5-6,8-9H2,1-2H3/t13-,14-,15?,16-,17-,18+,19-/m0/s1. The molecule has 2 saturated carbocycles. The smallest absolute Gasteiger partial charge is 0.119 e. The average Bonchev–Trinajstić information content (AvgIpc) is 2.82. The number of aliphatic hydroxyl groups is 2. The summed E-state index contributed by atoms with van der Waals surface area (Å²) >= 11 is 6.72. The van der Waals surface area contributed by atoms with Gasteiger partial charge in [-0.25, -0.2) is 0 Å². The highest BCUT2D eigenvalue weighted by molar-refractivity contribution is 6.21. The summed E-state index contributed by atoms with van der Waals surface area (Å²) in [5.74, 6) is 1.75. The minimum absolute atomic E-state index is 0.0476. The third-order valence-corrected chi connectivity index (χ3v) is 7.28. The van der Waals surface area contributed by atoms with Crippen molar-refractivity contribution in [3.63, 3.8) is 0 Å². The molecule has 2 fully saturated rings. The molecule has 4 rings (SSSR count). The molecule has 0 aliphatic heterocycles. The normalized spacial score (nSPS) is 45.1. The summed E-state index contributed by atoms with van der Waals surface area (Å²) in [6.07, 6.45) is 2.73. The van der Waals surface area contributed by atoms with Gasteiger partial charge in [0.15, 0.2) is 0 Å². The molecule has 0 heterocycles. The van der Waals surface area contributed by atoms with Crippen LogP contribution in [0.1, 0.15) is 55.0 Å². The Morgan fingerprint density at radius 2 is 2.00 bits per heavy atom. The van der Waals surface area contributed by atoms with Gasteiger partial charge in [-0.3, -0.25) is 0 Å². The largest absolute Gasteiger partial charge is 0.497 e. The number of fused-ring (bicyclic) bond motifs is 5. The molecule has 0 spiro atoms. The molecule has 3 nitrogen and oxygen atoms in total. The van der Waals surface area contributed by atoms with Crippen molar-refractivity contribution in [3.05, 3.63) is 29.3 Å². The topological polar surface area (TPSA) is 49.7 Å². The zero-order valence-corrected chi connectivity index (χ0v) is 14.5. The van der Waals surface area contributed by atoms with E-state index in [1.807, 2.05) is 12.1 Å². The second-order valence-corrected chi connectivity index (χ2v) is 8.39. The fourth-order valence-electron chi connectivity index (χ4n) is 5.72. The second kappa shape index (κ2) is 5.37. The second-order valence-electron chi connectivity index (χ2n) is 7.86. The van der Waals surface area contributed by atoms with Gasteiger partial charge in [-0.05, 0) is 66.2 Å². The first-order valence-corrected chi connectivity index (χ1v) is 9.07. The maximum Gasteiger partial charge on any atom is 0.119 e. The number of hydrogen-bond acceptors (Lipinski definition) is 3. The van der Waals surface area contributed by atoms with Crippen LogP contribution in [0.4, 0.5) is 0 Å². The first kappa shape index (κ1) is 15.7. The van der Waals surface area contributed by atoms with E-state index in [1.54, 1.807) is 7.11 Å². The molecule has 0 aromatic heterocycles. The zero-order valence-electron chi connectivity index (χ0n) is 13.7. The molecule has 23 heavy (non-hydrogen) atoms. The lowest BCUT2D eigenvalue weighted by Crippen LogP contribution is -2.50. The molecule has 7 atom stereocenters. The molecular formula is C19H25ClO3. The predicted molar refractivity (Wildman–Crippen MR) is 89.9 cm³/mol. The summed E-state index contributed by atoms with van der Waals surface area (Å²) < 4.78 is 5.34. The molecule has 0 amide bonds. The molecular weight excluding hydrogens is 312 g/mol. The number of rotatable bonds is 1. The van der Waals surface area contributed by atoms with Gasteiger partial charge in [-0.15, -0.1) is 11.6 Å². The van der Waals surface area contributed by atoms with Crippen molar-refractivity contribution < 1.29 is 14.9 Å². The minimum Gasteiger partial charge on any atom is -0.497 e. The first-order chi connectivity index (χ1) is 11.0. The van der Waals surface area contributed by atoms with Gasteiger partial charge in [0.1, 0.15) is 5.75 Å². The van der Waals surface area contributed by atoms with Crippen molar-refractivity contribution in [1.29, 1.82) is 0 Å². The van der Waals surface area contributed by atoms with E-state index >= 15 is 0 Å². The Morgan fingerprint density at radius 1 is 1.22 bits per heavy atom. The van der Waals surface area contributed by atoms with Gasteiger partial charge >= 0.3 is 0 Å². The first-order valence-electron chi connectivity index (χ1n) is 8.63.